The number of nitrogens with two attached hydrogens (primary N) is 1. The molecule has 1 aromatic carbocycles. The Morgan fingerprint density at radius 1 is 1.20 bits per heavy atom. The summed E-state index contributed by atoms with van der Waals surface area (Å²) in [7, 11) is 2.12. The molecule has 0 radical (unpaired) electrons. The second-order valence-electron chi connectivity index (χ2n) is 7.19. The summed E-state index contributed by atoms with van der Waals surface area (Å²) in [6.45, 7) is 9.26. The van der Waals surface area contributed by atoms with Crippen LogP contribution in [0.2, 0.25) is 0 Å². The van der Waals surface area contributed by atoms with E-state index in [1.54, 1.807) is 24.5 Å². The van der Waals surface area contributed by atoms with Crippen LogP contribution in [-0.4, -0.2) is 55.7 Å². The van der Waals surface area contributed by atoms with Crippen molar-refractivity contribution in [2.24, 2.45) is 4.99 Å². The van der Waals surface area contributed by atoms with Crippen LogP contribution < -0.4 is 16.0 Å². The van der Waals surface area contributed by atoms with E-state index < -0.39 is 0 Å². The number of piperazine rings is 1. The number of pyridine rings is 1. The van der Waals surface area contributed by atoms with Gasteiger partial charge in [-0.05, 0) is 62.2 Å². The van der Waals surface area contributed by atoms with Gasteiger partial charge in [-0.1, -0.05) is 12.1 Å². The van der Waals surface area contributed by atoms with Crippen LogP contribution >= 0.6 is 0 Å². The lowest BCUT2D eigenvalue weighted by Crippen LogP contribution is -2.44. The van der Waals surface area contributed by atoms with Crippen LogP contribution in [0.15, 0.2) is 59.9 Å². The number of hydrogen-bond acceptors (Lipinski definition) is 6. The van der Waals surface area contributed by atoms with Crippen molar-refractivity contribution in [3.63, 3.8) is 0 Å². The summed E-state index contributed by atoms with van der Waals surface area (Å²) < 4.78 is 0. The molecule has 0 unspecified atom stereocenters. The highest BCUT2D eigenvalue weighted by atomic mass is 16.1. The smallest absolute Gasteiger partial charge is 0.257 e. The third-order valence-corrected chi connectivity index (χ3v) is 5.14. The second-order valence-corrected chi connectivity index (χ2v) is 7.19. The minimum atomic E-state index is -0.249. The van der Waals surface area contributed by atoms with Gasteiger partial charge in [-0.2, -0.15) is 0 Å². The van der Waals surface area contributed by atoms with Crippen molar-refractivity contribution >= 4 is 35.4 Å². The molecule has 30 heavy (non-hydrogen) atoms. The molecule has 1 aliphatic rings. The number of hydrogen-bond donors (Lipinski definition) is 2. The number of carbonyl (C=O) groups is 1. The zero-order valence-electron chi connectivity index (χ0n) is 17.5. The molecule has 0 atom stereocenters. The molecular weight excluding hydrogens is 376 g/mol. The van der Waals surface area contributed by atoms with Gasteiger partial charge in [0.1, 0.15) is 5.82 Å². The molecule has 156 valence electrons. The van der Waals surface area contributed by atoms with E-state index in [1.807, 2.05) is 37.3 Å². The molecule has 1 aliphatic heterocycles. The molecular formula is C23H28N6O. The summed E-state index contributed by atoms with van der Waals surface area (Å²) in [4.78, 5) is 25.5. The van der Waals surface area contributed by atoms with Gasteiger partial charge in [0.25, 0.3) is 5.91 Å². The first kappa shape index (κ1) is 21.3. The lowest BCUT2D eigenvalue weighted by atomic mass is 10.0. The summed E-state index contributed by atoms with van der Waals surface area (Å²) >= 11 is 0. The minimum absolute atomic E-state index is 0.249. The van der Waals surface area contributed by atoms with Crippen LogP contribution in [-0.2, 0) is 0 Å². The fraction of sp³-hybridized carbons (Fsp3) is 0.261. The molecule has 0 spiro atoms. The van der Waals surface area contributed by atoms with E-state index in [9.17, 15) is 4.79 Å². The van der Waals surface area contributed by atoms with Gasteiger partial charge in [-0.3, -0.25) is 9.79 Å². The maximum absolute atomic E-state index is 12.7. The number of nitrogens with one attached hydrogen (secondary N) is 1. The van der Waals surface area contributed by atoms with Crippen molar-refractivity contribution in [1.29, 1.82) is 0 Å². The third kappa shape index (κ3) is 5.12. The normalized spacial score (nSPS) is 15.4. The number of rotatable bonds is 6. The number of anilines is 3. The topological polar surface area (TPSA) is 86.8 Å². The first-order valence-corrected chi connectivity index (χ1v) is 9.91. The standard InChI is InChI=1S/C23H28N6O/c1-4-17(9-10-25-2)18-5-7-20(24)21(15-18)27-23(30)19-6-8-22(26-16-19)29-13-11-28(3)12-14-29/h4-10,15-16H,2,11-14,24H2,1,3H3,(H,27,30)/b10-9-,17-4+. The maximum atomic E-state index is 12.7. The summed E-state index contributed by atoms with van der Waals surface area (Å²) in [6, 6.07) is 9.22. The highest BCUT2D eigenvalue weighted by Crippen LogP contribution is 2.26. The Labute approximate surface area is 177 Å². The number of allylic oxidation sites excluding steroid dienone is 3. The highest BCUT2D eigenvalue weighted by molar-refractivity contribution is 6.06. The number of carbonyl (C=O) groups excluding carboxylic acids is 1. The molecule has 3 N–H and O–H groups in total. The van der Waals surface area contributed by atoms with Gasteiger partial charge >= 0.3 is 0 Å². The van der Waals surface area contributed by atoms with Crippen LogP contribution in [0.25, 0.3) is 5.57 Å². The molecule has 7 heteroatoms. The van der Waals surface area contributed by atoms with E-state index in [4.69, 9.17) is 5.73 Å². The summed E-state index contributed by atoms with van der Waals surface area (Å²) in [5.74, 6) is 0.642. The van der Waals surface area contributed by atoms with Crippen molar-refractivity contribution in [3.8, 4) is 0 Å². The van der Waals surface area contributed by atoms with Gasteiger partial charge in [-0.25, -0.2) is 4.98 Å². The minimum Gasteiger partial charge on any atom is -0.397 e. The van der Waals surface area contributed by atoms with Crippen LogP contribution in [0.3, 0.4) is 0 Å². The molecule has 2 aromatic rings. The van der Waals surface area contributed by atoms with Crippen LogP contribution in [0.1, 0.15) is 22.8 Å². The Balaban J connectivity index is 1.73. The van der Waals surface area contributed by atoms with Crippen LogP contribution in [0, 0.1) is 0 Å². The average molecular weight is 405 g/mol. The number of amides is 1. The largest absolute Gasteiger partial charge is 0.397 e. The SMILES string of the molecule is C=N/C=C\C(=C/C)c1ccc(N)c(NC(=O)c2ccc(N3CCN(C)CC3)nc2)c1. The number of nitrogen functional groups attached to an aromatic ring is 1. The quantitative estimate of drug-likeness (QED) is 0.438. The molecule has 7 nitrogen and oxygen atoms in total. The number of benzene rings is 1. The zero-order chi connectivity index (χ0) is 21.5. The van der Waals surface area contributed by atoms with E-state index in [2.05, 4.69) is 38.9 Å². The lowest BCUT2D eigenvalue weighted by Gasteiger charge is -2.33. The fourth-order valence-electron chi connectivity index (χ4n) is 3.27. The molecule has 1 aromatic heterocycles. The van der Waals surface area contributed by atoms with Crippen molar-refractivity contribution in [3.05, 3.63) is 66.0 Å². The Hall–Kier alpha value is -3.45. The summed E-state index contributed by atoms with van der Waals surface area (Å²) in [5, 5.41) is 2.90. The number of nitrogens with zero attached hydrogens (tertiary/aromatic N) is 4. The highest BCUT2D eigenvalue weighted by Gasteiger charge is 2.16. The summed E-state index contributed by atoms with van der Waals surface area (Å²) in [6.07, 6.45) is 7.04. The molecule has 0 bridgehead atoms. The third-order valence-electron chi connectivity index (χ3n) is 5.14. The van der Waals surface area contributed by atoms with E-state index in [-0.39, 0.29) is 5.91 Å². The summed E-state index contributed by atoms with van der Waals surface area (Å²) in [5.41, 5.74) is 9.50. The second kappa shape index (κ2) is 9.84. The number of aromatic nitrogens is 1. The monoisotopic (exact) mass is 404 g/mol. The average Bonchev–Trinajstić information content (AvgIpc) is 2.77. The van der Waals surface area contributed by atoms with Gasteiger partial charge < -0.3 is 20.9 Å². The molecule has 1 amide bonds. The molecule has 1 saturated heterocycles. The van der Waals surface area contributed by atoms with Crippen molar-refractivity contribution in [2.75, 3.05) is 49.2 Å². The van der Waals surface area contributed by atoms with Gasteiger partial charge in [0.2, 0.25) is 0 Å². The number of likely N-dealkylation sites (N-methyl/N-ethyl adjacent to an activating group) is 1. The first-order valence-electron chi connectivity index (χ1n) is 9.91. The van der Waals surface area contributed by atoms with Gasteiger partial charge in [-0.15, -0.1) is 0 Å². The van der Waals surface area contributed by atoms with Crippen molar-refractivity contribution in [2.45, 2.75) is 6.92 Å². The number of aliphatic imine (C=N–C) groups is 1. The Kier molecular flexibility index (Phi) is 6.98. The van der Waals surface area contributed by atoms with E-state index in [1.165, 1.54) is 0 Å². The van der Waals surface area contributed by atoms with Crippen LogP contribution in [0.4, 0.5) is 17.2 Å². The fourth-order valence-corrected chi connectivity index (χ4v) is 3.27. The Bertz CT molecular complexity index is 956. The van der Waals surface area contributed by atoms with E-state index in [0.717, 1.165) is 43.1 Å². The maximum Gasteiger partial charge on any atom is 0.257 e. The Morgan fingerprint density at radius 2 is 1.93 bits per heavy atom. The molecule has 3 rings (SSSR count). The van der Waals surface area contributed by atoms with E-state index >= 15 is 0 Å². The predicted molar refractivity (Wildman–Crippen MR) is 125 cm³/mol. The molecule has 2 heterocycles. The first-order chi connectivity index (χ1) is 14.5. The predicted octanol–water partition coefficient (Wildman–Crippen LogP) is 3.29. The molecule has 0 saturated carbocycles. The van der Waals surface area contributed by atoms with Crippen LogP contribution in [0.5, 0.6) is 0 Å². The Morgan fingerprint density at radius 3 is 2.57 bits per heavy atom. The van der Waals surface area contributed by atoms with Gasteiger partial charge in [0.15, 0.2) is 0 Å². The van der Waals surface area contributed by atoms with Crippen molar-refractivity contribution < 1.29 is 4.79 Å². The van der Waals surface area contributed by atoms with Gasteiger partial charge in [0, 0.05) is 38.6 Å². The molecule has 1 fully saturated rings. The van der Waals surface area contributed by atoms with Crippen molar-refractivity contribution in [1.82, 2.24) is 9.88 Å². The van der Waals surface area contributed by atoms with Gasteiger partial charge in [0.05, 0.1) is 16.9 Å². The lowest BCUT2D eigenvalue weighted by molar-refractivity contribution is 0.102. The zero-order valence-corrected chi connectivity index (χ0v) is 17.5. The van der Waals surface area contributed by atoms with E-state index in [0.29, 0.717) is 16.9 Å². The molecule has 0 aliphatic carbocycles.